The van der Waals surface area contributed by atoms with Gasteiger partial charge in [-0.25, -0.2) is 4.98 Å². The fourth-order valence-corrected chi connectivity index (χ4v) is 4.34. The zero-order chi connectivity index (χ0) is 12.7. The van der Waals surface area contributed by atoms with Crippen LogP contribution in [0.4, 0.5) is 0 Å². The lowest BCUT2D eigenvalue weighted by Crippen LogP contribution is -2.35. The second-order valence-corrected chi connectivity index (χ2v) is 6.63. The summed E-state index contributed by atoms with van der Waals surface area (Å²) in [6.07, 6.45) is 8.41. The Labute approximate surface area is 119 Å². The van der Waals surface area contributed by atoms with Crippen LogP contribution < -0.4 is 10.6 Å². The number of dihydropyridines is 1. The first-order chi connectivity index (χ1) is 9.40. The largest absolute Gasteiger partial charge is 0.368 e. The number of nitrogens with zero attached hydrogens (tertiary/aromatic N) is 1. The van der Waals surface area contributed by atoms with E-state index in [2.05, 4.69) is 46.1 Å². The van der Waals surface area contributed by atoms with Crippen molar-refractivity contribution in [1.29, 1.82) is 0 Å². The Kier molecular flexibility index (Phi) is 2.60. The smallest absolute Gasteiger partial charge is 0.155 e. The van der Waals surface area contributed by atoms with Crippen molar-refractivity contribution < 1.29 is 0 Å². The van der Waals surface area contributed by atoms with Crippen molar-refractivity contribution >= 4 is 33.3 Å². The van der Waals surface area contributed by atoms with Crippen LogP contribution in [0.25, 0.3) is 10.2 Å². The Hall–Kier alpha value is -1.72. The summed E-state index contributed by atoms with van der Waals surface area (Å²) in [5.74, 6) is 0. The van der Waals surface area contributed by atoms with Crippen LogP contribution in [0.2, 0.25) is 0 Å². The van der Waals surface area contributed by atoms with Crippen molar-refractivity contribution in [3.8, 4) is 0 Å². The molecule has 2 aromatic rings. The topological polar surface area (TPSA) is 37.0 Å². The molecule has 19 heavy (non-hydrogen) atoms. The van der Waals surface area contributed by atoms with E-state index in [1.54, 1.807) is 23.1 Å². The van der Waals surface area contributed by atoms with Crippen molar-refractivity contribution in [3.05, 3.63) is 59.3 Å². The van der Waals surface area contributed by atoms with E-state index < -0.39 is 0 Å². The third-order valence-corrected chi connectivity index (χ3v) is 5.25. The molecule has 1 aromatic heterocycles. The van der Waals surface area contributed by atoms with Crippen LogP contribution in [0, 0.1) is 0 Å². The van der Waals surface area contributed by atoms with Gasteiger partial charge in [0.2, 0.25) is 0 Å². The van der Waals surface area contributed by atoms with Crippen molar-refractivity contribution in [2.75, 3.05) is 0 Å². The van der Waals surface area contributed by atoms with Crippen LogP contribution in [0.15, 0.2) is 63.6 Å². The van der Waals surface area contributed by atoms with Gasteiger partial charge in [-0.2, -0.15) is 0 Å². The summed E-state index contributed by atoms with van der Waals surface area (Å²) in [5, 5.41) is 6.61. The lowest BCUT2D eigenvalue weighted by Gasteiger charge is -2.17. The van der Waals surface area contributed by atoms with Gasteiger partial charge in [-0.15, -0.1) is 11.3 Å². The number of rotatable bonds is 2. The summed E-state index contributed by atoms with van der Waals surface area (Å²) >= 11 is 3.47. The lowest BCUT2D eigenvalue weighted by atomic mass is 10.2. The number of nitrogens with one attached hydrogen (secondary N) is 2. The minimum absolute atomic E-state index is 0.210. The predicted octanol–water partition coefficient (Wildman–Crippen LogP) is 3.20. The Morgan fingerprint density at radius 1 is 1.21 bits per heavy atom. The number of hydrogen-bond donors (Lipinski definition) is 2. The Balaban J connectivity index is 1.64. The molecule has 5 heteroatoms. The standard InChI is InChI=1S/C14H11N3S2/c1-2-6-11-10(5-1)17-14(18-11)19-12-8-16-13-9(12)4-3-7-15-13/h1-8,13,15-16H. The highest BCUT2D eigenvalue weighted by Crippen LogP contribution is 2.39. The monoisotopic (exact) mass is 285 g/mol. The van der Waals surface area contributed by atoms with Crippen LogP contribution in [-0.2, 0) is 0 Å². The van der Waals surface area contributed by atoms with Gasteiger partial charge < -0.3 is 10.6 Å². The summed E-state index contributed by atoms with van der Waals surface area (Å²) in [7, 11) is 0. The highest BCUT2D eigenvalue weighted by molar-refractivity contribution is 8.05. The van der Waals surface area contributed by atoms with Gasteiger partial charge in [0.15, 0.2) is 4.34 Å². The van der Waals surface area contributed by atoms with Crippen molar-refractivity contribution in [3.63, 3.8) is 0 Å². The predicted molar refractivity (Wildman–Crippen MR) is 80.8 cm³/mol. The number of hydrogen-bond acceptors (Lipinski definition) is 5. The molecule has 0 amide bonds. The highest BCUT2D eigenvalue weighted by Gasteiger charge is 2.24. The molecule has 1 unspecified atom stereocenters. The van der Waals surface area contributed by atoms with Crippen molar-refractivity contribution in [2.24, 2.45) is 0 Å². The normalized spacial score (nSPS) is 20.5. The molecule has 0 bridgehead atoms. The average molecular weight is 285 g/mol. The molecular formula is C14H11N3S2. The molecule has 0 radical (unpaired) electrons. The van der Waals surface area contributed by atoms with E-state index in [0.29, 0.717) is 0 Å². The summed E-state index contributed by atoms with van der Waals surface area (Å²) in [4.78, 5) is 5.90. The first-order valence-corrected chi connectivity index (χ1v) is 7.66. The van der Waals surface area contributed by atoms with E-state index in [1.807, 2.05) is 18.3 Å². The van der Waals surface area contributed by atoms with Crippen LogP contribution in [0.3, 0.4) is 0 Å². The van der Waals surface area contributed by atoms with Gasteiger partial charge in [0.25, 0.3) is 0 Å². The maximum atomic E-state index is 4.66. The first-order valence-electron chi connectivity index (χ1n) is 6.03. The van der Waals surface area contributed by atoms with E-state index in [0.717, 1.165) is 9.86 Å². The third kappa shape index (κ3) is 1.95. The number of fused-ring (bicyclic) bond motifs is 2. The first kappa shape index (κ1) is 11.1. The molecule has 94 valence electrons. The Morgan fingerprint density at radius 2 is 2.16 bits per heavy atom. The van der Waals surface area contributed by atoms with Crippen LogP contribution in [0.5, 0.6) is 0 Å². The molecule has 0 saturated heterocycles. The summed E-state index contributed by atoms with van der Waals surface area (Å²) in [5.41, 5.74) is 2.36. The number of thioether (sulfide) groups is 1. The van der Waals surface area contributed by atoms with Gasteiger partial charge in [0.05, 0.1) is 10.2 Å². The minimum atomic E-state index is 0.210. The van der Waals surface area contributed by atoms with E-state index in [-0.39, 0.29) is 6.17 Å². The number of aromatic nitrogens is 1. The molecule has 0 spiro atoms. The molecule has 2 aliphatic heterocycles. The molecule has 2 N–H and O–H groups in total. The van der Waals surface area contributed by atoms with Crippen LogP contribution in [0.1, 0.15) is 0 Å². The van der Waals surface area contributed by atoms with Gasteiger partial charge in [0.1, 0.15) is 6.17 Å². The Morgan fingerprint density at radius 3 is 3.11 bits per heavy atom. The summed E-state index contributed by atoms with van der Waals surface area (Å²) in [6, 6.07) is 8.26. The maximum Gasteiger partial charge on any atom is 0.155 e. The number of benzene rings is 1. The van der Waals surface area contributed by atoms with Gasteiger partial charge in [-0.1, -0.05) is 30.0 Å². The summed E-state index contributed by atoms with van der Waals surface area (Å²) in [6.45, 7) is 0. The molecule has 0 aliphatic carbocycles. The van der Waals surface area contributed by atoms with E-state index in [4.69, 9.17) is 0 Å². The highest BCUT2D eigenvalue weighted by atomic mass is 32.2. The fourth-order valence-electron chi connectivity index (χ4n) is 2.17. The van der Waals surface area contributed by atoms with Crippen LogP contribution in [-0.4, -0.2) is 11.1 Å². The number of allylic oxidation sites excluding steroid dienone is 2. The third-order valence-electron chi connectivity index (χ3n) is 3.08. The molecule has 1 aromatic carbocycles. The fraction of sp³-hybridized carbons (Fsp3) is 0.0714. The second-order valence-electron chi connectivity index (χ2n) is 4.31. The molecule has 3 heterocycles. The van der Waals surface area contributed by atoms with E-state index in [1.165, 1.54) is 15.2 Å². The quantitative estimate of drug-likeness (QED) is 0.888. The van der Waals surface area contributed by atoms with E-state index >= 15 is 0 Å². The molecule has 3 nitrogen and oxygen atoms in total. The number of para-hydroxylation sites is 1. The zero-order valence-corrected chi connectivity index (χ0v) is 11.6. The van der Waals surface area contributed by atoms with Crippen molar-refractivity contribution in [2.45, 2.75) is 10.5 Å². The molecule has 2 aliphatic rings. The molecule has 0 fully saturated rings. The number of thiazole rings is 1. The van der Waals surface area contributed by atoms with E-state index in [9.17, 15) is 0 Å². The second kappa shape index (κ2) is 4.43. The Bertz CT molecular complexity index is 694. The summed E-state index contributed by atoms with van der Waals surface area (Å²) < 4.78 is 2.33. The van der Waals surface area contributed by atoms with Gasteiger partial charge >= 0.3 is 0 Å². The maximum absolute atomic E-state index is 4.66. The molecular weight excluding hydrogens is 274 g/mol. The molecule has 4 rings (SSSR count). The minimum Gasteiger partial charge on any atom is -0.368 e. The van der Waals surface area contributed by atoms with Crippen molar-refractivity contribution in [1.82, 2.24) is 15.6 Å². The average Bonchev–Trinajstić information content (AvgIpc) is 3.03. The van der Waals surface area contributed by atoms with Crippen LogP contribution >= 0.6 is 23.1 Å². The van der Waals surface area contributed by atoms with Gasteiger partial charge in [-0.3, -0.25) is 0 Å². The zero-order valence-electron chi connectivity index (χ0n) is 9.96. The van der Waals surface area contributed by atoms with Gasteiger partial charge in [-0.05, 0) is 24.4 Å². The lowest BCUT2D eigenvalue weighted by molar-refractivity contribution is 0.634. The SMILES string of the molecule is C1=CNC2NC=C(Sc3nc4ccccc4s3)C2=C1. The van der Waals surface area contributed by atoms with Gasteiger partial charge in [0, 0.05) is 16.7 Å². The molecule has 1 atom stereocenters. The molecule has 0 saturated carbocycles.